The molecule has 4 heterocycles. The first-order valence-electron chi connectivity index (χ1n) is 9.85. The summed E-state index contributed by atoms with van der Waals surface area (Å²) in [6.07, 6.45) is 9.39. The van der Waals surface area contributed by atoms with Gasteiger partial charge in [-0.15, -0.1) is 0 Å². The summed E-state index contributed by atoms with van der Waals surface area (Å²) in [4.78, 5) is 21.0. The van der Waals surface area contributed by atoms with E-state index < -0.39 is 5.82 Å². The maximum absolute atomic E-state index is 14.3. The summed E-state index contributed by atoms with van der Waals surface area (Å²) in [7, 11) is 0. The van der Waals surface area contributed by atoms with Crippen LogP contribution in [0.1, 0.15) is 24.3 Å². The second-order valence-corrected chi connectivity index (χ2v) is 7.65. The lowest BCUT2D eigenvalue weighted by Crippen LogP contribution is -2.37. The fourth-order valence-electron chi connectivity index (χ4n) is 4.09. The number of rotatable bonds is 3. The zero-order valence-electron chi connectivity index (χ0n) is 15.9. The molecule has 0 unspecified atom stereocenters. The average molecular weight is 398 g/mol. The molecule has 0 saturated heterocycles. The molecule has 0 aliphatic heterocycles. The molecule has 1 fully saturated rings. The average Bonchev–Trinajstić information content (AvgIpc) is 3.50. The number of nitrogens with one attached hydrogen (secondary N) is 2. The Hall–Kier alpha value is -3.87. The van der Waals surface area contributed by atoms with Crippen LogP contribution in [-0.4, -0.2) is 20.2 Å². The molecule has 0 amide bonds. The molecule has 2 N–H and O–H groups in total. The van der Waals surface area contributed by atoms with Crippen molar-refractivity contribution in [3.05, 3.63) is 82.9 Å². The van der Waals surface area contributed by atoms with Gasteiger partial charge < -0.3 is 4.98 Å². The summed E-state index contributed by atoms with van der Waals surface area (Å²) in [5.74, 6) is 0.127. The van der Waals surface area contributed by atoms with Crippen LogP contribution in [-0.2, 0) is 0 Å². The van der Waals surface area contributed by atoms with Gasteiger partial charge in [0.05, 0.1) is 17.3 Å². The van der Waals surface area contributed by atoms with E-state index in [2.05, 4.69) is 15.2 Å². The van der Waals surface area contributed by atoms with Gasteiger partial charge in [0, 0.05) is 29.3 Å². The largest absolute Gasteiger partial charge is 0.321 e. The van der Waals surface area contributed by atoms with Gasteiger partial charge in [-0.2, -0.15) is 9.67 Å². The van der Waals surface area contributed by atoms with Crippen LogP contribution >= 0.6 is 0 Å². The monoisotopic (exact) mass is 398 g/mol. The highest BCUT2D eigenvalue weighted by molar-refractivity contribution is 6.04. The molecule has 7 heteroatoms. The molecular weight excluding hydrogens is 381 g/mol. The van der Waals surface area contributed by atoms with E-state index in [1.54, 1.807) is 16.8 Å². The smallest absolute Gasteiger partial charge is 0.315 e. The van der Waals surface area contributed by atoms with Gasteiger partial charge in [0.15, 0.2) is 12.4 Å². The molecule has 0 radical (unpaired) electrons. The summed E-state index contributed by atoms with van der Waals surface area (Å²) in [6.45, 7) is 0. The van der Waals surface area contributed by atoms with Crippen LogP contribution in [0, 0.1) is 5.82 Å². The molecule has 146 valence electrons. The summed E-state index contributed by atoms with van der Waals surface area (Å²) < 4.78 is 16.1. The molecule has 1 aliphatic carbocycles. The van der Waals surface area contributed by atoms with Gasteiger partial charge in [-0.3, -0.25) is 14.9 Å². The fourth-order valence-corrected chi connectivity index (χ4v) is 4.09. The van der Waals surface area contributed by atoms with Crippen LogP contribution < -0.4 is 10.1 Å². The van der Waals surface area contributed by atoms with E-state index in [1.165, 1.54) is 6.07 Å². The van der Waals surface area contributed by atoms with Crippen LogP contribution in [0.5, 0.6) is 0 Å². The number of fused-ring (bicyclic) bond motifs is 2. The summed E-state index contributed by atoms with van der Waals surface area (Å²) >= 11 is 0. The van der Waals surface area contributed by atoms with Crippen LogP contribution in [0.2, 0.25) is 0 Å². The van der Waals surface area contributed by atoms with Crippen molar-refractivity contribution in [3.8, 4) is 16.8 Å². The number of nitrogens with zero attached hydrogens (tertiary/aromatic N) is 3. The number of H-pyrrole nitrogens is 2. The molecule has 5 aromatic rings. The Morgan fingerprint density at radius 3 is 2.73 bits per heavy atom. The Morgan fingerprint density at radius 1 is 1.10 bits per heavy atom. The molecule has 4 aromatic heterocycles. The SMILES string of the molecule is O=c1[nH]c2cc(C3CC3)cnc2c(-c2ccc(F)c3[nH]ncc23)c1-[n+]1ccccc1. The number of pyridine rings is 3. The molecule has 30 heavy (non-hydrogen) atoms. The quantitative estimate of drug-likeness (QED) is 0.454. The minimum Gasteiger partial charge on any atom is -0.315 e. The topological polar surface area (TPSA) is 78.3 Å². The highest BCUT2D eigenvalue weighted by Crippen LogP contribution is 2.41. The Bertz CT molecular complexity index is 1480. The van der Waals surface area contributed by atoms with Crippen molar-refractivity contribution in [1.82, 2.24) is 20.2 Å². The summed E-state index contributed by atoms with van der Waals surface area (Å²) in [6, 6.07) is 10.7. The standard InChI is InChI=1S/C23H16FN5O/c24-17-7-6-15(16-12-26-28-20(16)17)19-21-18(10-14(11-25-21)13-4-5-13)27-23(30)22(19)29-8-2-1-3-9-29/h1-3,6-13H,4-5H2,(H-,26,27,28,30)/p+1. The number of aromatic amines is 2. The number of hydrogen-bond donors (Lipinski definition) is 2. The third-order valence-electron chi connectivity index (χ3n) is 5.70. The molecule has 6 rings (SSSR count). The summed E-state index contributed by atoms with van der Waals surface area (Å²) in [5, 5.41) is 7.34. The first-order chi connectivity index (χ1) is 14.7. The van der Waals surface area contributed by atoms with E-state index in [1.807, 2.05) is 42.9 Å². The van der Waals surface area contributed by atoms with Crippen molar-refractivity contribution in [2.24, 2.45) is 0 Å². The summed E-state index contributed by atoms with van der Waals surface area (Å²) in [5.41, 5.74) is 4.35. The zero-order valence-corrected chi connectivity index (χ0v) is 15.9. The highest BCUT2D eigenvalue weighted by atomic mass is 19.1. The van der Waals surface area contributed by atoms with Gasteiger partial charge in [-0.05, 0) is 36.5 Å². The Kier molecular flexibility index (Phi) is 3.59. The lowest BCUT2D eigenvalue weighted by atomic mass is 9.98. The van der Waals surface area contributed by atoms with Crippen molar-refractivity contribution in [3.63, 3.8) is 0 Å². The lowest BCUT2D eigenvalue weighted by Gasteiger charge is -2.11. The Labute approximate surface area is 170 Å². The van der Waals surface area contributed by atoms with Crippen molar-refractivity contribution < 1.29 is 8.96 Å². The second kappa shape index (κ2) is 6.32. The third-order valence-corrected chi connectivity index (χ3v) is 5.70. The van der Waals surface area contributed by atoms with Gasteiger partial charge in [0.2, 0.25) is 0 Å². The molecule has 0 spiro atoms. The zero-order chi connectivity index (χ0) is 20.2. The maximum atomic E-state index is 14.3. The molecule has 6 nitrogen and oxygen atoms in total. The van der Waals surface area contributed by atoms with Crippen LogP contribution in [0.3, 0.4) is 0 Å². The number of hydrogen-bond acceptors (Lipinski definition) is 3. The number of benzene rings is 1. The number of aromatic nitrogens is 5. The van der Waals surface area contributed by atoms with Crippen LogP contribution in [0.25, 0.3) is 38.8 Å². The fraction of sp³-hybridized carbons (Fsp3) is 0.130. The lowest BCUT2D eigenvalue weighted by molar-refractivity contribution is -0.596. The van der Waals surface area contributed by atoms with E-state index in [4.69, 9.17) is 4.98 Å². The molecular formula is C23H17FN5O+. The second-order valence-electron chi connectivity index (χ2n) is 7.65. The van der Waals surface area contributed by atoms with Crippen molar-refractivity contribution in [2.75, 3.05) is 0 Å². The van der Waals surface area contributed by atoms with Crippen molar-refractivity contribution in [1.29, 1.82) is 0 Å². The predicted octanol–water partition coefficient (Wildman–Crippen LogP) is 3.76. The van der Waals surface area contributed by atoms with Crippen molar-refractivity contribution in [2.45, 2.75) is 18.8 Å². The molecule has 1 aromatic carbocycles. The molecule has 1 aliphatic rings. The van der Waals surface area contributed by atoms with E-state index in [-0.39, 0.29) is 5.56 Å². The Balaban J connectivity index is 1.76. The minimum atomic E-state index is -0.390. The minimum absolute atomic E-state index is 0.232. The van der Waals surface area contributed by atoms with Gasteiger partial charge >= 0.3 is 5.56 Å². The van der Waals surface area contributed by atoms with Gasteiger partial charge in [-0.25, -0.2) is 4.39 Å². The van der Waals surface area contributed by atoms with E-state index >= 15 is 0 Å². The first kappa shape index (κ1) is 17.0. The third kappa shape index (κ3) is 2.55. The molecule has 1 saturated carbocycles. The van der Waals surface area contributed by atoms with Crippen LogP contribution in [0.15, 0.2) is 66.0 Å². The van der Waals surface area contributed by atoms with Crippen molar-refractivity contribution >= 4 is 21.9 Å². The van der Waals surface area contributed by atoms with Gasteiger partial charge in [0.1, 0.15) is 16.9 Å². The van der Waals surface area contributed by atoms with Gasteiger partial charge in [0.25, 0.3) is 5.69 Å². The first-order valence-corrected chi connectivity index (χ1v) is 9.85. The van der Waals surface area contributed by atoms with E-state index in [9.17, 15) is 9.18 Å². The van der Waals surface area contributed by atoms with Gasteiger partial charge in [-0.1, -0.05) is 12.1 Å². The van der Waals surface area contributed by atoms with E-state index in [0.717, 1.165) is 18.4 Å². The molecule has 0 atom stereocenters. The Morgan fingerprint density at radius 2 is 1.93 bits per heavy atom. The number of halogens is 1. The predicted molar refractivity (Wildman–Crippen MR) is 111 cm³/mol. The molecule has 0 bridgehead atoms. The van der Waals surface area contributed by atoms with Crippen LogP contribution in [0.4, 0.5) is 4.39 Å². The van der Waals surface area contributed by atoms with E-state index in [0.29, 0.717) is 44.7 Å². The maximum Gasteiger partial charge on any atom is 0.321 e. The highest BCUT2D eigenvalue weighted by Gasteiger charge is 2.28. The normalized spacial score (nSPS) is 13.9.